The molecule has 0 aliphatic heterocycles. The molecule has 0 aliphatic rings. The van der Waals surface area contributed by atoms with E-state index in [9.17, 15) is 4.79 Å². The molecule has 1 aromatic rings. The zero-order valence-corrected chi connectivity index (χ0v) is 11.6. The highest BCUT2D eigenvalue weighted by Gasteiger charge is 2.04. The molecule has 0 bridgehead atoms. The molecule has 0 radical (unpaired) electrons. The molecule has 3 N–H and O–H groups in total. The number of rotatable bonds is 7. The van der Waals surface area contributed by atoms with Crippen molar-refractivity contribution in [2.45, 2.75) is 32.6 Å². The molecule has 0 aliphatic carbocycles. The molecule has 18 heavy (non-hydrogen) atoms. The van der Waals surface area contributed by atoms with Crippen LogP contribution in [0.4, 0.5) is 0 Å². The Hall–Kier alpha value is -1.42. The molecule has 3 nitrogen and oxygen atoms in total. The van der Waals surface area contributed by atoms with Crippen LogP contribution in [0.15, 0.2) is 24.3 Å². The van der Waals surface area contributed by atoms with E-state index in [0.717, 1.165) is 31.4 Å². The van der Waals surface area contributed by atoms with Crippen molar-refractivity contribution in [3.8, 4) is 0 Å². The summed E-state index contributed by atoms with van der Waals surface area (Å²) in [5.41, 5.74) is 7.18. The third-order valence-electron chi connectivity index (χ3n) is 2.66. The predicted octanol–water partition coefficient (Wildman–Crippen LogP) is 2.44. The average molecular weight is 264 g/mol. The van der Waals surface area contributed by atoms with Crippen LogP contribution in [-0.4, -0.2) is 17.4 Å². The highest BCUT2D eigenvalue weighted by atomic mass is 32.1. The third kappa shape index (κ3) is 5.27. The summed E-state index contributed by atoms with van der Waals surface area (Å²) in [5, 5.41) is 2.90. The Morgan fingerprint density at radius 2 is 1.94 bits per heavy atom. The molecule has 0 atom stereocenters. The van der Waals surface area contributed by atoms with Gasteiger partial charge in [0, 0.05) is 18.5 Å². The fourth-order valence-electron chi connectivity index (χ4n) is 1.65. The number of nitrogens with two attached hydrogens (primary N) is 1. The van der Waals surface area contributed by atoms with Crippen LogP contribution in [0.1, 0.15) is 42.1 Å². The number of nitrogens with one attached hydrogen (secondary N) is 1. The lowest BCUT2D eigenvalue weighted by atomic mass is 10.1. The lowest BCUT2D eigenvalue weighted by Gasteiger charge is -2.05. The second-order valence-corrected chi connectivity index (χ2v) is 4.83. The SMILES string of the molecule is CCCCCNC(=O)c1ccc(CC(N)=S)cc1. The summed E-state index contributed by atoms with van der Waals surface area (Å²) in [4.78, 5) is 12.2. The van der Waals surface area contributed by atoms with Crippen molar-refractivity contribution in [3.63, 3.8) is 0 Å². The summed E-state index contributed by atoms with van der Waals surface area (Å²) in [7, 11) is 0. The Morgan fingerprint density at radius 3 is 2.50 bits per heavy atom. The Bertz CT molecular complexity index is 401. The summed E-state index contributed by atoms with van der Waals surface area (Å²) in [6, 6.07) is 7.39. The maximum absolute atomic E-state index is 11.8. The van der Waals surface area contributed by atoms with Crippen LogP contribution < -0.4 is 11.1 Å². The number of carbonyl (C=O) groups excluding carboxylic acids is 1. The number of unbranched alkanes of at least 4 members (excludes halogenated alkanes) is 2. The first-order valence-electron chi connectivity index (χ1n) is 6.29. The maximum atomic E-state index is 11.8. The van der Waals surface area contributed by atoms with Crippen LogP contribution in [0.25, 0.3) is 0 Å². The van der Waals surface area contributed by atoms with Crippen molar-refractivity contribution in [2.75, 3.05) is 6.54 Å². The Kier molecular flexibility index (Phi) is 6.36. The van der Waals surface area contributed by atoms with E-state index in [1.165, 1.54) is 0 Å². The minimum atomic E-state index is -0.0204. The summed E-state index contributed by atoms with van der Waals surface area (Å²) in [6.07, 6.45) is 3.91. The van der Waals surface area contributed by atoms with Crippen molar-refractivity contribution < 1.29 is 4.79 Å². The standard InChI is InChI=1S/C14H20N2OS/c1-2-3-4-9-16-14(17)12-7-5-11(6-8-12)10-13(15)18/h5-8H,2-4,9-10H2,1H3,(H2,15,18)(H,16,17). The van der Waals surface area contributed by atoms with Crippen LogP contribution in [0.2, 0.25) is 0 Å². The van der Waals surface area contributed by atoms with Gasteiger partial charge in [0.25, 0.3) is 5.91 Å². The second kappa shape index (κ2) is 7.82. The monoisotopic (exact) mass is 264 g/mol. The first kappa shape index (κ1) is 14.6. The molecule has 1 aromatic carbocycles. The van der Waals surface area contributed by atoms with E-state index in [0.29, 0.717) is 17.0 Å². The molecular weight excluding hydrogens is 244 g/mol. The normalized spacial score (nSPS) is 10.1. The van der Waals surface area contributed by atoms with Gasteiger partial charge in [-0.05, 0) is 24.1 Å². The van der Waals surface area contributed by atoms with Gasteiger partial charge in [0.15, 0.2) is 0 Å². The topological polar surface area (TPSA) is 55.1 Å². The number of hydrogen-bond acceptors (Lipinski definition) is 2. The van der Waals surface area contributed by atoms with Gasteiger partial charge in [-0.25, -0.2) is 0 Å². The van der Waals surface area contributed by atoms with Crippen molar-refractivity contribution >= 4 is 23.1 Å². The summed E-state index contributed by atoms with van der Waals surface area (Å²) in [6.45, 7) is 2.88. The fourth-order valence-corrected chi connectivity index (χ4v) is 1.82. The highest BCUT2D eigenvalue weighted by Crippen LogP contribution is 2.05. The van der Waals surface area contributed by atoms with Crippen molar-refractivity contribution in [1.82, 2.24) is 5.32 Å². The molecule has 4 heteroatoms. The van der Waals surface area contributed by atoms with Crippen LogP contribution in [0.5, 0.6) is 0 Å². The van der Waals surface area contributed by atoms with Gasteiger partial charge in [0.2, 0.25) is 0 Å². The summed E-state index contributed by atoms with van der Waals surface area (Å²) in [5.74, 6) is -0.0204. The van der Waals surface area contributed by atoms with E-state index >= 15 is 0 Å². The zero-order valence-electron chi connectivity index (χ0n) is 10.7. The molecule has 0 heterocycles. The maximum Gasteiger partial charge on any atom is 0.251 e. The van der Waals surface area contributed by atoms with Gasteiger partial charge in [-0.1, -0.05) is 44.1 Å². The van der Waals surface area contributed by atoms with E-state index in [-0.39, 0.29) is 5.91 Å². The van der Waals surface area contributed by atoms with E-state index in [2.05, 4.69) is 12.2 Å². The molecule has 1 rings (SSSR count). The lowest BCUT2D eigenvalue weighted by Crippen LogP contribution is -2.24. The molecule has 0 saturated carbocycles. The van der Waals surface area contributed by atoms with Crippen molar-refractivity contribution in [1.29, 1.82) is 0 Å². The Labute approximate surface area is 114 Å². The molecule has 1 amide bonds. The number of carbonyl (C=O) groups is 1. The van der Waals surface area contributed by atoms with Gasteiger partial charge in [0.1, 0.15) is 0 Å². The third-order valence-corrected chi connectivity index (χ3v) is 2.80. The summed E-state index contributed by atoms with van der Waals surface area (Å²) >= 11 is 4.84. The van der Waals surface area contributed by atoms with Crippen LogP contribution in [-0.2, 0) is 6.42 Å². The molecule has 0 aromatic heterocycles. The highest BCUT2D eigenvalue weighted by molar-refractivity contribution is 7.80. The smallest absolute Gasteiger partial charge is 0.251 e. The van der Waals surface area contributed by atoms with E-state index in [1.54, 1.807) is 0 Å². The minimum Gasteiger partial charge on any atom is -0.393 e. The van der Waals surface area contributed by atoms with Gasteiger partial charge < -0.3 is 11.1 Å². The first-order valence-corrected chi connectivity index (χ1v) is 6.69. The second-order valence-electron chi connectivity index (χ2n) is 4.30. The van der Waals surface area contributed by atoms with Gasteiger partial charge in [0.05, 0.1) is 4.99 Å². The van der Waals surface area contributed by atoms with Gasteiger partial charge in [-0.3, -0.25) is 4.79 Å². The quantitative estimate of drug-likeness (QED) is 0.587. The van der Waals surface area contributed by atoms with Crippen molar-refractivity contribution in [2.24, 2.45) is 5.73 Å². The molecular formula is C14H20N2OS. The van der Waals surface area contributed by atoms with Crippen LogP contribution in [0.3, 0.4) is 0 Å². The molecule has 0 unspecified atom stereocenters. The largest absolute Gasteiger partial charge is 0.393 e. The number of thiocarbonyl (C=S) groups is 1. The van der Waals surface area contributed by atoms with Gasteiger partial charge in [-0.15, -0.1) is 0 Å². The molecule has 98 valence electrons. The van der Waals surface area contributed by atoms with E-state index < -0.39 is 0 Å². The van der Waals surface area contributed by atoms with Gasteiger partial charge >= 0.3 is 0 Å². The lowest BCUT2D eigenvalue weighted by molar-refractivity contribution is 0.0953. The minimum absolute atomic E-state index is 0.0204. The fraction of sp³-hybridized carbons (Fsp3) is 0.429. The molecule has 0 fully saturated rings. The number of amides is 1. The first-order chi connectivity index (χ1) is 8.63. The Morgan fingerprint density at radius 1 is 1.28 bits per heavy atom. The number of benzene rings is 1. The summed E-state index contributed by atoms with van der Waals surface area (Å²) < 4.78 is 0. The number of hydrogen-bond donors (Lipinski definition) is 2. The van der Waals surface area contributed by atoms with E-state index in [4.69, 9.17) is 18.0 Å². The van der Waals surface area contributed by atoms with Gasteiger partial charge in [-0.2, -0.15) is 0 Å². The molecule has 0 spiro atoms. The van der Waals surface area contributed by atoms with Crippen LogP contribution in [0, 0.1) is 0 Å². The van der Waals surface area contributed by atoms with Crippen molar-refractivity contribution in [3.05, 3.63) is 35.4 Å². The Balaban J connectivity index is 2.46. The van der Waals surface area contributed by atoms with Crippen LogP contribution >= 0.6 is 12.2 Å². The average Bonchev–Trinajstić information content (AvgIpc) is 2.34. The predicted molar refractivity (Wildman–Crippen MR) is 78.8 cm³/mol. The van der Waals surface area contributed by atoms with E-state index in [1.807, 2.05) is 24.3 Å². The molecule has 0 saturated heterocycles. The zero-order chi connectivity index (χ0) is 13.4.